The van der Waals surface area contributed by atoms with Gasteiger partial charge in [-0.2, -0.15) is 0 Å². The van der Waals surface area contributed by atoms with Gasteiger partial charge in [0.15, 0.2) is 0 Å². The maximum atomic E-state index is 11.1. The first-order valence-corrected chi connectivity index (χ1v) is 7.17. The molecule has 5 nitrogen and oxygen atoms in total. The molecule has 0 unspecified atom stereocenters. The highest BCUT2D eigenvalue weighted by atomic mass is 32.2. The van der Waals surface area contributed by atoms with Crippen LogP contribution in [-0.2, 0) is 11.2 Å². The minimum absolute atomic E-state index is 0.0272. The lowest BCUT2D eigenvalue weighted by Crippen LogP contribution is -2.27. The normalized spacial score (nSPS) is 11.8. The predicted octanol–water partition coefficient (Wildman–Crippen LogP) is 3.00. The summed E-state index contributed by atoms with van der Waals surface area (Å²) in [5.74, 6) is 0. The van der Waals surface area contributed by atoms with Crippen molar-refractivity contribution in [2.24, 2.45) is 0 Å². The Balaban J connectivity index is 2.01. The van der Waals surface area contributed by atoms with Crippen LogP contribution in [0.15, 0.2) is 59.5 Å². The van der Waals surface area contributed by atoms with Crippen molar-refractivity contribution < 1.29 is 9.72 Å². The molecular weight excluding hydrogens is 288 g/mol. The average molecular weight is 302 g/mol. The molecule has 0 aliphatic carbocycles. The number of benzene rings is 2. The summed E-state index contributed by atoms with van der Waals surface area (Å²) in [5, 5.41) is 10.9. The molecule has 1 N–H and O–H groups in total. The fourth-order valence-electron chi connectivity index (χ4n) is 1.82. The molecule has 0 aliphatic heterocycles. The monoisotopic (exact) mass is 302 g/mol. The van der Waals surface area contributed by atoms with E-state index in [1.165, 1.54) is 6.07 Å². The van der Waals surface area contributed by atoms with Crippen LogP contribution >= 0.6 is 11.9 Å². The fraction of sp³-hybridized carbons (Fsp3) is 0.133. The number of para-hydroxylation sites is 1. The van der Waals surface area contributed by atoms with Crippen molar-refractivity contribution in [1.82, 2.24) is 4.72 Å². The van der Waals surface area contributed by atoms with Gasteiger partial charge < -0.3 is 4.79 Å². The van der Waals surface area contributed by atoms with Crippen LogP contribution in [-0.4, -0.2) is 17.3 Å². The molecule has 0 bridgehead atoms. The lowest BCUT2D eigenvalue weighted by atomic mass is 10.1. The summed E-state index contributed by atoms with van der Waals surface area (Å²) in [5.41, 5.74) is 1.06. The number of nitro benzene ring substituents is 1. The van der Waals surface area contributed by atoms with Crippen LogP contribution in [0, 0.1) is 10.1 Å². The molecule has 2 aromatic rings. The van der Waals surface area contributed by atoms with Crippen molar-refractivity contribution >= 4 is 23.9 Å². The van der Waals surface area contributed by atoms with Gasteiger partial charge in [-0.15, -0.1) is 0 Å². The minimum Gasteiger partial charge on any atom is -0.302 e. The molecule has 0 saturated carbocycles. The van der Waals surface area contributed by atoms with Gasteiger partial charge >= 0.3 is 0 Å². The van der Waals surface area contributed by atoms with Crippen molar-refractivity contribution in [1.29, 1.82) is 0 Å². The van der Waals surface area contributed by atoms with Crippen LogP contribution < -0.4 is 4.72 Å². The summed E-state index contributed by atoms with van der Waals surface area (Å²) in [6.45, 7) is 0. The molecule has 21 heavy (non-hydrogen) atoms. The van der Waals surface area contributed by atoms with Crippen LogP contribution in [0.3, 0.4) is 0 Å². The SMILES string of the molecule is O=C[C@H](Cc1ccccc1)NSc1ccccc1[N+](=O)[O-]. The van der Waals surface area contributed by atoms with Gasteiger partial charge in [-0.3, -0.25) is 10.1 Å². The maximum Gasteiger partial charge on any atom is 0.284 e. The van der Waals surface area contributed by atoms with Gasteiger partial charge in [0.2, 0.25) is 0 Å². The third-order valence-corrected chi connectivity index (χ3v) is 3.83. The third kappa shape index (κ3) is 4.40. The zero-order chi connectivity index (χ0) is 15.1. The third-order valence-electron chi connectivity index (χ3n) is 2.84. The number of nitro groups is 1. The Morgan fingerprint density at radius 2 is 1.81 bits per heavy atom. The molecule has 2 rings (SSSR count). The number of hydrogen-bond donors (Lipinski definition) is 1. The van der Waals surface area contributed by atoms with Crippen molar-refractivity contribution in [3.63, 3.8) is 0 Å². The molecule has 0 amide bonds. The topological polar surface area (TPSA) is 72.2 Å². The van der Waals surface area contributed by atoms with Gasteiger partial charge in [0.1, 0.15) is 11.2 Å². The van der Waals surface area contributed by atoms with E-state index in [0.29, 0.717) is 11.3 Å². The van der Waals surface area contributed by atoms with E-state index in [1.807, 2.05) is 30.3 Å². The summed E-state index contributed by atoms with van der Waals surface area (Å²) in [6.07, 6.45) is 1.35. The average Bonchev–Trinajstić information content (AvgIpc) is 2.52. The number of hydrogen-bond acceptors (Lipinski definition) is 5. The highest BCUT2D eigenvalue weighted by Gasteiger charge is 2.15. The Morgan fingerprint density at radius 3 is 2.48 bits per heavy atom. The molecule has 0 spiro atoms. The maximum absolute atomic E-state index is 11.1. The van der Waals surface area contributed by atoms with Gasteiger partial charge in [0.05, 0.1) is 11.0 Å². The predicted molar refractivity (Wildman–Crippen MR) is 82.1 cm³/mol. The summed E-state index contributed by atoms with van der Waals surface area (Å²) in [4.78, 5) is 22.1. The highest BCUT2D eigenvalue weighted by Crippen LogP contribution is 2.26. The first kappa shape index (κ1) is 15.2. The molecular formula is C15H14N2O3S. The van der Waals surface area contributed by atoms with Crippen molar-refractivity contribution in [3.8, 4) is 0 Å². The Hall–Kier alpha value is -2.18. The molecule has 0 radical (unpaired) electrons. The van der Waals surface area contributed by atoms with E-state index in [9.17, 15) is 14.9 Å². The second-order valence-corrected chi connectivity index (χ2v) is 5.26. The summed E-state index contributed by atoms with van der Waals surface area (Å²) >= 11 is 1.10. The number of carbonyl (C=O) groups is 1. The van der Waals surface area contributed by atoms with Crippen LogP contribution in [0.25, 0.3) is 0 Å². The standard InChI is InChI=1S/C15H14N2O3S/c18-11-13(10-12-6-2-1-3-7-12)16-21-15-9-5-4-8-14(15)17(19)20/h1-9,11,13,16H,10H2/t13-/m0/s1. The number of nitrogens with one attached hydrogen (secondary N) is 1. The zero-order valence-corrected chi connectivity index (χ0v) is 12.0. The second kappa shape index (κ2) is 7.56. The largest absolute Gasteiger partial charge is 0.302 e. The number of carbonyl (C=O) groups excluding carboxylic acids is 1. The number of nitrogens with zero attached hydrogens (tertiary/aromatic N) is 1. The van der Waals surface area contributed by atoms with Crippen molar-refractivity contribution in [2.75, 3.05) is 0 Å². The van der Waals surface area contributed by atoms with Gasteiger partial charge in [-0.25, -0.2) is 4.72 Å². The van der Waals surface area contributed by atoms with E-state index in [2.05, 4.69) is 4.72 Å². The second-order valence-electron chi connectivity index (χ2n) is 4.38. The van der Waals surface area contributed by atoms with E-state index in [4.69, 9.17) is 0 Å². The van der Waals surface area contributed by atoms with Crippen LogP contribution in [0.4, 0.5) is 5.69 Å². The number of rotatable bonds is 7. The molecule has 0 saturated heterocycles. The lowest BCUT2D eigenvalue weighted by Gasteiger charge is -2.12. The molecule has 1 atom stereocenters. The highest BCUT2D eigenvalue weighted by molar-refractivity contribution is 7.97. The Bertz CT molecular complexity index is 619. The van der Waals surface area contributed by atoms with Crippen LogP contribution in [0.1, 0.15) is 5.56 Å². The molecule has 0 fully saturated rings. The lowest BCUT2D eigenvalue weighted by molar-refractivity contribution is -0.387. The molecule has 2 aromatic carbocycles. The quantitative estimate of drug-likeness (QED) is 0.368. The van der Waals surface area contributed by atoms with Crippen LogP contribution in [0.5, 0.6) is 0 Å². The van der Waals surface area contributed by atoms with Gasteiger partial charge in [0, 0.05) is 6.07 Å². The molecule has 0 aromatic heterocycles. The molecule has 108 valence electrons. The van der Waals surface area contributed by atoms with Crippen molar-refractivity contribution in [3.05, 3.63) is 70.3 Å². The smallest absolute Gasteiger partial charge is 0.284 e. The Labute approximate surface area is 126 Å². The Kier molecular flexibility index (Phi) is 5.48. The van der Waals surface area contributed by atoms with E-state index >= 15 is 0 Å². The molecule has 0 heterocycles. The number of aldehydes is 1. The van der Waals surface area contributed by atoms with Crippen molar-refractivity contribution in [2.45, 2.75) is 17.4 Å². The van der Waals surface area contributed by atoms with Gasteiger partial charge in [0.25, 0.3) is 5.69 Å². The molecule has 6 heteroatoms. The van der Waals surface area contributed by atoms with E-state index in [1.54, 1.807) is 18.2 Å². The first-order valence-electron chi connectivity index (χ1n) is 6.35. The van der Waals surface area contributed by atoms with E-state index < -0.39 is 11.0 Å². The van der Waals surface area contributed by atoms with E-state index in [0.717, 1.165) is 23.8 Å². The summed E-state index contributed by atoms with van der Waals surface area (Å²) in [6, 6.07) is 15.6. The summed E-state index contributed by atoms with van der Waals surface area (Å²) < 4.78 is 2.97. The molecule has 0 aliphatic rings. The first-order chi connectivity index (χ1) is 10.2. The summed E-state index contributed by atoms with van der Waals surface area (Å²) in [7, 11) is 0. The zero-order valence-electron chi connectivity index (χ0n) is 11.1. The Morgan fingerprint density at radius 1 is 1.14 bits per heavy atom. The van der Waals surface area contributed by atoms with Gasteiger partial charge in [-0.05, 0) is 30.0 Å². The van der Waals surface area contributed by atoms with Crippen LogP contribution in [0.2, 0.25) is 0 Å². The van der Waals surface area contributed by atoms with Gasteiger partial charge in [-0.1, -0.05) is 42.5 Å². The minimum atomic E-state index is -0.433. The van der Waals surface area contributed by atoms with E-state index in [-0.39, 0.29) is 5.69 Å². The fourth-order valence-corrected chi connectivity index (χ4v) is 2.63.